The standard InChI is InChI=1S/C16H18ClN3O3/c1-15(2,3)23-14(22)18-16(4,9-21)13-12(17)10-7-5-6-8-11(10)19-20-13/h5-9H,1-4H3,(H,18,22). The molecule has 0 saturated carbocycles. The van der Waals surface area contributed by atoms with E-state index >= 15 is 0 Å². The van der Waals surface area contributed by atoms with Gasteiger partial charge in [-0.05, 0) is 33.8 Å². The van der Waals surface area contributed by atoms with Crippen molar-refractivity contribution in [3.63, 3.8) is 0 Å². The Morgan fingerprint density at radius 1 is 1.22 bits per heavy atom. The molecule has 0 aliphatic carbocycles. The van der Waals surface area contributed by atoms with E-state index in [1.807, 2.05) is 6.07 Å². The zero-order valence-corrected chi connectivity index (χ0v) is 14.1. The maximum Gasteiger partial charge on any atom is 0.408 e. The molecule has 1 aromatic heterocycles. The fraction of sp³-hybridized carbons (Fsp3) is 0.375. The number of amides is 1. The van der Waals surface area contributed by atoms with Gasteiger partial charge in [0.2, 0.25) is 0 Å². The molecular weight excluding hydrogens is 318 g/mol. The van der Waals surface area contributed by atoms with Crippen molar-refractivity contribution in [2.45, 2.75) is 38.8 Å². The fourth-order valence-corrected chi connectivity index (χ4v) is 2.41. The van der Waals surface area contributed by atoms with E-state index in [2.05, 4.69) is 15.5 Å². The predicted molar refractivity (Wildman–Crippen MR) is 87.3 cm³/mol. The summed E-state index contributed by atoms with van der Waals surface area (Å²) in [5.74, 6) is 0. The molecule has 0 fully saturated rings. The lowest BCUT2D eigenvalue weighted by atomic mass is 9.98. The molecule has 0 spiro atoms. The number of carbonyl (C=O) groups excluding carboxylic acids is 2. The number of alkyl carbamates (subject to hydrolysis) is 1. The largest absolute Gasteiger partial charge is 0.444 e. The van der Waals surface area contributed by atoms with Gasteiger partial charge in [0.15, 0.2) is 6.29 Å². The Hall–Kier alpha value is -2.21. The summed E-state index contributed by atoms with van der Waals surface area (Å²) < 4.78 is 5.18. The number of nitrogens with zero attached hydrogens (tertiary/aromatic N) is 2. The second-order valence-corrected chi connectivity index (χ2v) is 6.70. The Morgan fingerprint density at radius 2 is 1.87 bits per heavy atom. The molecule has 0 saturated heterocycles. The van der Waals surface area contributed by atoms with Crippen molar-refractivity contribution in [2.75, 3.05) is 0 Å². The van der Waals surface area contributed by atoms with E-state index < -0.39 is 17.2 Å². The second-order valence-electron chi connectivity index (χ2n) is 6.33. The van der Waals surface area contributed by atoms with Crippen LogP contribution >= 0.6 is 11.6 Å². The molecule has 1 heterocycles. The van der Waals surface area contributed by atoms with E-state index in [0.717, 1.165) is 0 Å². The van der Waals surface area contributed by atoms with Gasteiger partial charge in [0.05, 0.1) is 10.5 Å². The first-order valence-electron chi connectivity index (χ1n) is 7.05. The lowest BCUT2D eigenvalue weighted by Gasteiger charge is -2.27. The molecular formula is C16H18ClN3O3. The third-order valence-corrected chi connectivity index (χ3v) is 3.48. The van der Waals surface area contributed by atoms with Gasteiger partial charge >= 0.3 is 6.09 Å². The average molecular weight is 336 g/mol. The van der Waals surface area contributed by atoms with Gasteiger partial charge < -0.3 is 14.8 Å². The van der Waals surface area contributed by atoms with Crippen LogP contribution in [-0.2, 0) is 15.1 Å². The summed E-state index contributed by atoms with van der Waals surface area (Å²) in [6.45, 7) is 6.68. The number of rotatable bonds is 3. The van der Waals surface area contributed by atoms with Crippen LogP contribution in [0.5, 0.6) is 0 Å². The van der Waals surface area contributed by atoms with Crippen molar-refractivity contribution >= 4 is 34.9 Å². The molecule has 23 heavy (non-hydrogen) atoms. The van der Waals surface area contributed by atoms with Crippen molar-refractivity contribution in [3.8, 4) is 0 Å². The molecule has 0 aliphatic rings. The highest BCUT2D eigenvalue weighted by molar-refractivity contribution is 6.36. The Bertz CT molecular complexity index is 758. The first kappa shape index (κ1) is 17.1. The van der Waals surface area contributed by atoms with E-state index in [1.165, 1.54) is 6.92 Å². The van der Waals surface area contributed by atoms with E-state index in [9.17, 15) is 9.59 Å². The topological polar surface area (TPSA) is 81.2 Å². The molecule has 2 rings (SSSR count). The van der Waals surface area contributed by atoms with Gasteiger partial charge in [0, 0.05) is 5.39 Å². The molecule has 1 atom stereocenters. The monoisotopic (exact) mass is 335 g/mol. The Balaban J connectivity index is 2.42. The minimum Gasteiger partial charge on any atom is -0.444 e. The summed E-state index contributed by atoms with van der Waals surface area (Å²) in [7, 11) is 0. The van der Waals surface area contributed by atoms with Gasteiger partial charge in [0.25, 0.3) is 0 Å². The first-order chi connectivity index (χ1) is 10.7. The Morgan fingerprint density at radius 3 is 2.48 bits per heavy atom. The number of nitrogens with one attached hydrogen (secondary N) is 1. The normalized spacial score (nSPS) is 14.1. The quantitative estimate of drug-likeness (QED) is 0.871. The number of hydrogen-bond acceptors (Lipinski definition) is 5. The SMILES string of the molecule is CC(C)(C)OC(=O)NC(C)(C=O)c1nnc2ccccc2c1Cl. The van der Waals surface area contributed by atoms with Gasteiger partial charge in [-0.15, -0.1) is 0 Å². The molecule has 0 radical (unpaired) electrons. The van der Waals surface area contributed by atoms with Crippen LogP contribution in [0.25, 0.3) is 10.9 Å². The number of benzene rings is 1. The highest BCUT2D eigenvalue weighted by Crippen LogP contribution is 2.30. The van der Waals surface area contributed by atoms with Crippen LogP contribution in [0.3, 0.4) is 0 Å². The maximum absolute atomic E-state index is 12.0. The van der Waals surface area contributed by atoms with Crippen molar-refractivity contribution < 1.29 is 14.3 Å². The number of hydrogen-bond donors (Lipinski definition) is 1. The summed E-state index contributed by atoms with van der Waals surface area (Å²) in [5, 5.41) is 11.5. The van der Waals surface area contributed by atoms with Crippen LogP contribution in [0.2, 0.25) is 5.02 Å². The number of halogens is 1. The summed E-state index contributed by atoms with van der Waals surface area (Å²) >= 11 is 6.37. The molecule has 0 aliphatic heterocycles. The number of aldehydes is 1. The van der Waals surface area contributed by atoms with E-state index in [1.54, 1.807) is 39.0 Å². The summed E-state index contributed by atoms with van der Waals surface area (Å²) in [6.07, 6.45) is -0.181. The van der Waals surface area contributed by atoms with Crippen LogP contribution < -0.4 is 5.32 Å². The summed E-state index contributed by atoms with van der Waals surface area (Å²) in [4.78, 5) is 23.6. The molecule has 1 unspecified atom stereocenters. The number of carbonyl (C=O) groups is 2. The van der Waals surface area contributed by atoms with Crippen molar-refractivity contribution in [3.05, 3.63) is 35.0 Å². The smallest absolute Gasteiger partial charge is 0.408 e. The van der Waals surface area contributed by atoms with Crippen LogP contribution in [0, 0.1) is 0 Å². The molecule has 1 amide bonds. The van der Waals surface area contributed by atoms with Gasteiger partial charge in [0.1, 0.15) is 16.8 Å². The van der Waals surface area contributed by atoms with Crippen LogP contribution in [0.1, 0.15) is 33.4 Å². The molecule has 7 heteroatoms. The maximum atomic E-state index is 12.0. The second kappa shape index (κ2) is 6.12. The lowest BCUT2D eigenvalue weighted by Crippen LogP contribution is -2.47. The molecule has 2 aromatic rings. The summed E-state index contributed by atoms with van der Waals surface area (Å²) in [6, 6.07) is 7.15. The van der Waals surface area contributed by atoms with E-state index in [0.29, 0.717) is 17.2 Å². The van der Waals surface area contributed by atoms with Gasteiger partial charge in [-0.25, -0.2) is 4.79 Å². The highest BCUT2D eigenvalue weighted by Gasteiger charge is 2.35. The van der Waals surface area contributed by atoms with Crippen LogP contribution in [0.4, 0.5) is 4.79 Å². The Kier molecular flexibility index (Phi) is 4.56. The molecule has 1 N–H and O–H groups in total. The third-order valence-electron chi connectivity index (χ3n) is 3.09. The minimum absolute atomic E-state index is 0.165. The zero-order valence-electron chi connectivity index (χ0n) is 13.4. The van der Waals surface area contributed by atoms with Crippen molar-refractivity contribution in [1.82, 2.24) is 15.5 Å². The highest BCUT2D eigenvalue weighted by atomic mass is 35.5. The van der Waals surface area contributed by atoms with Gasteiger partial charge in [-0.1, -0.05) is 29.8 Å². The lowest BCUT2D eigenvalue weighted by molar-refractivity contribution is -0.113. The molecule has 1 aromatic carbocycles. The van der Waals surface area contributed by atoms with Gasteiger partial charge in [-0.3, -0.25) is 0 Å². The Labute approximate surface area is 139 Å². The average Bonchev–Trinajstić information content (AvgIpc) is 2.45. The number of fused-ring (bicyclic) bond motifs is 1. The van der Waals surface area contributed by atoms with Crippen LogP contribution in [-0.4, -0.2) is 28.2 Å². The van der Waals surface area contributed by atoms with Crippen molar-refractivity contribution in [1.29, 1.82) is 0 Å². The first-order valence-corrected chi connectivity index (χ1v) is 7.43. The van der Waals surface area contributed by atoms with Gasteiger partial charge in [-0.2, -0.15) is 10.2 Å². The zero-order chi connectivity index (χ0) is 17.3. The predicted octanol–water partition coefficient (Wildman–Crippen LogP) is 3.22. The minimum atomic E-state index is -1.45. The number of ether oxygens (including phenoxy) is 1. The van der Waals surface area contributed by atoms with E-state index in [4.69, 9.17) is 16.3 Å². The van der Waals surface area contributed by atoms with E-state index in [-0.39, 0.29) is 10.7 Å². The van der Waals surface area contributed by atoms with Crippen LogP contribution in [0.15, 0.2) is 24.3 Å². The molecule has 6 nitrogen and oxygen atoms in total. The number of aromatic nitrogens is 2. The molecule has 0 bridgehead atoms. The van der Waals surface area contributed by atoms with Crippen molar-refractivity contribution in [2.24, 2.45) is 0 Å². The third kappa shape index (κ3) is 3.76. The summed E-state index contributed by atoms with van der Waals surface area (Å²) in [5.41, 5.74) is -1.37. The fourth-order valence-electron chi connectivity index (χ4n) is 2.01. The molecule has 122 valence electrons.